The maximum Gasteiger partial charge on any atom is 0.164 e. The van der Waals surface area contributed by atoms with Crippen molar-refractivity contribution in [1.29, 1.82) is 0 Å². The van der Waals surface area contributed by atoms with E-state index in [1.54, 1.807) is 16.8 Å². The number of rotatable bonds is 4. The van der Waals surface area contributed by atoms with Gasteiger partial charge in [0.1, 0.15) is 17.9 Å². The van der Waals surface area contributed by atoms with Gasteiger partial charge in [-0.2, -0.15) is 5.10 Å². The second-order valence-electron chi connectivity index (χ2n) is 3.52. The van der Waals surface area contributed by atoms with Crippen LogP contribution in [0.5, 0.6) is 5.75 Å². The van der Waals surface area contributed by atoms with E-state index in [9.17, 15) is 4.39 Å². The molecule has 2 rings (SSSR count). The lowest BCUT2D eigenvalue weighted by Crippen LogP contribution is -2.05. The highest BCUT2D eigenvalue weighted by Gasteiger charge is 2.06. The van der Waals surface area contributed by atoms with E-state index in [-0.39, 0.29) is 12.4 Å². The summed E-state index contributed by atoms with van der Waals surface area (Å²) in [5.74, 6) is 0.709. The van der Waals surface area contributed by atoms with Crippen molar-refractivity contribution in [2.45, 2.75) is 13.1 Å². The lowest BCUT2D eigenvalue weighted by molar-refractivity contribution is 0.410. The Bertz CT molecular complexity index is 512. The highest BCUT2D eigenvalue weighted by Crippen LogP contribution is 2.16. The molecule has 5 nitrogen and oxygen atoms in total. The van der Waals surface area contributed by atoms with Crippen molar-refractivity contribution < 1.29 is 9.13 Å². The van der Waals surface area contributed by atoms with E-state index in [0.717, 1.165) is 0 Å². The maximum atomic E-state index is 13.6. The van der Waals surface area contributed by atoms with Crippen molar-refractivity contribution >= 4 is 0 Å². The molecule has 90 valence electrons. The van der Waals surface area contributed by atoms with Crippen LogP contribution in [-0.4, -0.2) is 21.9 Å². The van der Waals surface area contributed by atoms with Gasteiger partial charge in [0, 0.05) is 11.6 Å². The van der Waals surface area contributed by atoms with Crippen LogP contribution in [0.4, 0.5) is 4.39 Å². The predicted molar refractivity (Wildman–Crippen MR) is 60.0 cm³/mol. The summed E-state index contributed by atoms with van der Waals surface area (Å²) < 4.78 is 20.1. The predicted octanol–water partition coefficient (Wildman–Crippen LogP) is 0.933. The SMILES string of the molecule is COc1ccc(Cn2cnc(CN)n2)c(F)c1. The number of benzene rings is 1. The van der Waals surface area contributed by atoms with Crippen LogP contribution in [0, 0.1) is 5.82 Å². The molecule has 0 unspecified atom stereocenters. The molecule has 1 aromatic heterocycles. The van der Waals surface area contributed by atoms with E-state index in [1.165, 1.54) is 19.5 Å². The second kappa shape index (κ2) is 4.92. The molecule has 0 radical (unpaired) electrons. The summed E-state index contributed by atoms with van der Waals surface area (Å²) in [5, 5.41) is 4.09. The normalized spacial score (nSPS) is 10.5. The molecule has 2 N–H and O–H groups in total. The van der Waals surface area contributed by atoms with Gasteiger partial charge in [0.05, 0.1) is 20.2 Å². The monoisotopic (exact) mass is 236 g/mol. The molecule has 6 heteroatoms. The van der Waals surface area contributed by atoms with Crippen molar-refractivity contribution in [3.05, 3.63) is 41.7 Å². The summed E-state index contributed by atoms with van der Waals surface area (Å²) in [7, 11) is 1.50. The van der Waals surface area contributed by atoms with Gasteiger partial charge in [-0.15, -0.1) is 0 Å². The van der Waals surface area contributed by atoms with Crippen molar-refractivity contribution in [3.63, 3.8) is 0 Å². The number of ether oxygens (including phenoxy) is 1. The molecule has 1 aromatic carbocycles. The zero-order valence-corrected chi connectivity index (χ0v) is 9.43. The maximum absolute atomic E-state index is 13.6. The van der Waals surface area contributed by atoms with Gasteiger partial charge in [-0.1, -0.05) is 6.07 Å². The third-order valence-electron chi connectivity index (χ3n) is 2.36. The second-order valence-corrected chi connectivity index (χ2v) is 3.52. The minimum absolute atomic E-state index is 0.276. The van der Waals surface area contributed by atoms with E-state index < -0.39 is 0 Å². The van der Waals surface area contributed by atoms with Gasteiger partial charge in [0.15, 0.2) is 5.82 Å². The van der Waals surface area contributed by atoms with Gasteiger partial charge in [-0.05, 0) is 6.07 Å². The number of aromatic nitrogens is 3. The fourth-order valence-electron chi connectivity index (χ4n) is 1.46. The molecule has 2 aromatic rings. The Balaban J connectivity index is 2.18. The highest BCUT2D eigenvalue weighted by atomic mass is 19.1. The van der Waals surface area contributed by atoms with Crippen LogP contribution in [0.15, 0.2) is 24.5 Å². The number of hydrogen-bond acceptors (Lipinski definition) is 4. The van der Waals surface area contributed by atoms with Gasteiger partial charge in [0.25, 0.3) is 0 Å². The van der Waals surface area contributed by atoms with Crippen molar-refractivity contribution in [1.82, 2.24) is 14.8 Å². The average molecular weight is 236 g/mol. The first kappa shape index (κ1) is 11.5. The van der Waals surface area contributed by atoms with E-state index in [1.807, 2.05) is 0 Å². The fraction of sp³-hybridized carbons (Fsp3) is 0.273. The number of halogens is 1. The first-order valence-electron chi connectivity index (χ1n) is 5.13. The lowest BCUT2D eigenvalue weighted by atomic mass is 10.2. The van der Waals surface area contributed by atoms with E-state index in [2.05, 4.69) is 10.1 Å². The van der Waals surface area contributed by atoms with Crippen LogP contribution in [-0.2, 0) is 13.1 Å². The molecule has 0 amide bonds. The van der Waals surface area contributed by atoms with E-state index >= 15 is 0 Å². The Hall–Kier alpha value is -1.95. The average Bonchev–Trinajstić information content (AvgIpc) is 2.79. The molecule has 0 atom stereocenters. The largest absolute Gasteiger partial charge is 0.497 e. The summed E-state index contributed by atoms with van der Waals surface area (Å²) in [4.78, 5) is 3.97. The Kier molecular flexibility index (Phi) is 3.34. The van der Waals surface area contributed by atoms with Gasteiger partial charge in [-0.3, -0.25) is 0 Å². The summed E-state index contributed by atoms with van der Waals surface area (Å²) >= 11 is 0. The van der Waals surface area contributed by atoms with Gasteiger partial charge >= 0.3 is 0 Å². The molecule has 17 heavy (non-hydrogen) atoms. The molecular formula is C11H13FN4O. The third kappa shape index (κ3) is 2.59. The van der Waals surface area contributed by atoms with Crippen LogP contribution in [0.2, 0.25) is 0 Å². The molecule has 0 saturated heterocycles. The van der Waals surface area contributed by atoms with Crippen molar-refractivity contribution in [2.24, 2.45) is 5.73 Å². The summed E-state index contributed by atoms with van der Waals surface area (Å²) in [6.45, 7) is 0.598. The minimum Gasteiger partial charge on any atom is -0.497 e. The Morgan fingerprint density at radius 1 is 1.47 bits per heavy atom. The number of nitrogens with zero attached hydrogens (tertiary/aromatic N) is 3. The zero-order valence-electron chi connectivity index (χ0n) is 9.43. The van der Waals surface area contributed by atoms with E-state index in [4.69, 9.17) is 10.5 Å². The van der Waals surface area contributed by atoms with Crippen LogP contribution in [0.3, 0.4) is 0 Å². The third-order valence-corrected chi connectivity index (χ3v) is 2.36. The van der Waals surface area contributed by atoms with E-state index in [0.29, 0.717) is 23.7 Å². The molecule has 0 aliphatic heterocycles. The lowest BCUT2D eigenvalue weighted by Gasteiger charge is -2.05. The van der Waals surface area contributed by atoms with Crippen molar-refractivity contribution in [3.8, 4) is 5.75 Å². The standard InChI is InChI=1S/C11H13FN4O/c1-17-9-3-2-8(10(12)4-9)6-16-7-14-11(5-13)15-16/h2-4,7H,5-6,13H2,1H3. The zero-order chi connectivity index (χ0) is 12.3. The Morgan fingerprint density at radius 2 is 2.29 bits per heavy atom. The van der Waals surface area contributed by atoms with Gasteiger partial charge in [-0.25, -0.2) is 14.1 Å². The highest BCUT2D eigenvalue weighted by molar-refractivity contribution is 5.28. The molecule has 0 aliphatic carbocycles. The minimum atomic E-state index is -0.325. The van der Waals surface area contributed by atoms with Crippen LogP contribution in [0.1, 0.15) is 11.4 Å². The number of nitrogens with two attached hydrogens (primary N) is 1. The summed E-state index contributed by atoms with van der Waals surface area (Å²) in [6, 6.07) is 4.72. The topological polar surface area (TPSA) is 66.0 Å². The van der Waals surface area contributed by atoms with Crippen LogP contribution in [0.25, 0.3) is 0 Å². The van der Waals surface area contributed by atoms with Crippen LogP contribution >= 0.6 is 0 Å². The Morgan fingerprint density at radius 3 is 2.88 bits per heavy atom. The quantitative estimate of drug-likeness (QED) is 0.857. The fourth-order valence-corrected chi connectivity index (χ4v) is 1.46. The molecular weight excluding hydrogens is 223 g/mol. The molecule has 0 fully saturated rings. The smallest absolute Gasteiger partial charge is 0.164 e. The van der Waals surface area contributed by atoms with Gasteiger partial charge < -0.3 is 10.5 Å². The first-order chi connectivity index (χ1) is 8.22. The first-order valence-corrected chi connectivity index (χ1v) is 5.13. The van der Waals surface area contributed by atoms with Crippen LogP contribution < -0.4 is 10.5 Å². The molecule has 1 heterocycles. The number of hydrogen-bond donors (Lipinski definition) is 1. The number of methoxy groups -OCH3 is 1. The summed E-state index contributed by atoms with van der Waals surface area (Å²) in [5.41, 5.74) is 5.92. The molecule has 0 spiro atoms. The molecule has 0 saturated carbocycles. The molecule has 0 aliphatic rings. The molecule has 0 bridgehead atoms. The summed E-state index contributed by atoms with van der Waals surface area (Å²) in [6.07, 6.45) is 1.53. The van der Waals surface area contributed by atoms with Gasteiger partial charge in [0.2, 0.25) is 0 Å². The van der Waals surface area contributed by atoms with Crippen molar-refractivity contribution in [2.75, 3.05) is 7.11 Å². The Labute approximate surface area is 98.0 Å².